The topological polar surface area (TPSA) is 49.4 Å². The Hall–Kier alpha value is -3.11. The lowest BCUT2D eigenvalue weighted by atomic mass is 10.1. The van der Waals surface area contributed by atoms with Gasteiger partial charge in [-0.1, -0.05) is 41.9 Å². The molecule has 0 aromatic heterocycles. The number of hydrogen-bond donors (Lipinski definition) is 1. The molecule has 0 fully saturated rings. The van der Waals surface area contributed by atoms with Gasteiger partial charge in [-0.3, -0.25) is 9.59 Å². The van der Waals surface area contributed by atoms with Gasteiger partial charge in [0.2, 0.25) is 0 Å². The first kappa shape index (κ1) is 18.3. The average molecular weight is 391 g/mol. The number of nitrogens with one attached hydrogen (secondary N) is 1. The highest BCUT2D eigenvalue weighted by molar-refractivity contribution is 6.30. The fourth-order valence-corrected chi connectivity index (χ4v) is 3.49. The predicted octanol–water partition coefficient (Wildman–Crippen LogP) is 4.47. The third kappa shape index (κ3) is 3.78. The van der Waals surface area contributed by atoms with Crippen molar-refractivity contribution in [2.24, 2.45) is 0 Å². The average Bonchev–Trinajstić information content (AvgIpc) is 3.16. The number of carbonyl (C=O) groups excluding carboxylic acids is 2. The maximum atomic E-state index is 12.8. The van der Waals surface area contributed by atoms with Gasteiger partial charge in [0.25, 0.3) is 11.8 Å². The number of carbonyl (C=O) groups is 2. The zero-order valence-electron chi connectivity index (χ0n) is 15.2. The summed E-state index contributed by atoms with van der Waals surface area (Å²) in [6.07, 6.45) is 0.839. The van der Waals surface area contributed by atoms with Crippen molar-refractivity contribution in [3.8, 4) is 0 Å². The van der Waals surface area contributed by atoms with Crippen LogP contribution in [0, 0.1) is 0 Å². The second-order valence-corrected chi connectivity index (χ2v) is 7.16. The molecule has 0 bridgehead atoms. The van der Waals surface area contributed by atoms with Gasteiger partial charge in [-0.2, -0.15) is 0 Å². The largest absolute Gasteiger partial charge is 0.348 e. The lowest BCUT2D eigenvalue weighted by molar-refractivity contribution is 0.0949. The van der Waals surface area contributed by atoms with Gasteiger partial charge < -0.3 is 10.2 Å². The van der Waals surface area contributed by atoms with Crippen LogP contribution in [-0.2, 0) is 13.0 Å². The van der Waals surface area contributed by atoms with E-state index in [0.717, 1.165) is 23.2 Å². The molecule has 0 aliphatic carbocycles. The van der Waals surface area contributed by atoms with Crippen LogP contribution >= 0.6 is 11.6 Å². The zero-order chi connectivity index (χ0) is 19.5. The van der Waals surface area contributed by atoms with Crippen LogP contribution in [0.15, 0.2) is 72.8 Å². The van der Waals surface area contributed by atoms with Crippen molar-refractivity contribution in [1.29, 1.82) is 0 Å². The summed E-state index contributed by atoms with van der Waals surface area (Å²) in [5.41, 5.74) is 4.27. The number of rotatable bonds is 4. The van der Waals surface area contributed by atoms with Crippen LogP contribution in [0.5, 0.6) is 0 Å². The first-order chi connectivity index (χ1) is 13.6. The Morgan fingerprint density at radius 2 is 1.68 bits per heavy atom. The first-order valence-corrected chi connectivity index (χ1v) is 9.52. The van der Waals surface area contributed by atoms with Crippen molar-refractivity contribution >= 4 is 29.1 Å². The van der Waals surface area contributed by atoms with Crippen LogP contribution in [0.3, 0.4) is 0 Å². The summed E-state index contributed by atoms with van der Waals surface area (Å²) in [5, 5.41) is 3.51. The summed E-state index contributed by atoms with van der Waals surface area (Å²) < 4.78 is 0. The number of amides is 2. The number of nitrogens with zero attached hydrogens (tertiary/aromatic N) is 1. The smallest absolute Gasteiger partial charge is 0.258 e. The molecule has 1 aliphatic heterocycles. The van der Waals surface area contributed by atoms with E-state index in [9.17, 15) is 9.59 Å². The Morgan fingerprint density at radius 3 is 2.43 bits per heavy atom. The fourth-order valence-electron chi connectivity index (χ4n) is 3.37. The van der Waals surface area contributed by atoms with Crippen molar-refractivity contribution in [3.63, 3.8) is 0 Å². The molecular weight excluding hydrogens is 372 g/mol. The van der Waals surface area contributed by atoms with Crippen molar-refractivity contribution in [2.45, 2.75) is 13.0 Å². The van der Waals surface area contributed by atoms with E-state index in [4.69, 9.17) is 11.6 Å². The normalized spacial score (nSPS) is 12.5. The van der Waals surface area contributed by atoms with Gasteiger partial charge >= 0.3 is 0 Å². The summed E-state index contributed by atoms with van der Waals surface area (Å²) in [6.45, 7) is 1.06. The number of halogens is 1. The van der Waals surface area contributed by atoms with E-state index in [1.807, 2.05) is 53.4 Å². The third-order valence-corrected chi connectivity index (χ3v) is 5.12. The molecule has 0 saturated heterocycles. The van der Waals surface area contributed by atoms with Gasteiger partial charge in [0.1, 0.15) is 0 Å². The molecule has 0 spiro atoms. The number of benzene rings is 3. The minimum absolute atomic E-state index is 0.00157. The van der Waals surface area contributed by atoms with E-state index < -0.39 is 0 Å². The third-order valence-electron chi connectivity index (χ3n) is 4.87. The summed E-state index contributed by atoms with van der Waals surface area (Å²) in [4.78, 5) is 27.0. The molecule has 5 heteroatoms. The van der Waals surface area contributed by atoms with Gasteiger partial charge in [-0.15, -0.1) is 0 Å². The molecule has 140 valence electrons. The molecule has 1 aliphatic rings. The summed E-state index contributed by atoms with van der Waals surface area (Å²) >= 11 is 5.86. The van der Waals surface area contributed by atoms with E-state index in [-0.39, 0.29) is 11.8 Å². The van der Waals surface area contributed by atoms with Crippen LogP contribution in [0.4, 0.5) is 5.69 Å². The van der Waals surface area contributed by atoms with Crippen molar-refractivity contribution in [3.05, 3.63) is 100 Å². The Balaban J connectivity index is 1.48. The Labute approximate surface area is 168 Å². The molecule has 28 heavy (non-hydrogen) atoms. The molecule has 3 aromatic rings. The van der Waals surface area contributed by atoms with Crippen LogP contribution < -0.4 is 10.2 Å². The highest BCUT2D eigenvalue weighted by atomic mass is 35.5. The molecule has 4 nitrogen and oxygen atoms in total. The second kappa shape index (κ2) is 7.87. The summed E-state index contributed by atoms with van der Waals surface area (Å²) in [6, 6.07) is 22.1. The molecule has 4 rings (SSSR count). The van der Waals surface area contributed by atoms with Gasteiger partial charge in [0.05, 0.1) is 0 Å². The van der Waals surface area contributed by atoms with Crippen LogP contribution in [0.2, 0.25) is 5.02 Å². The lowest BCUT2D eigenvalue weighted by Gasteiger charge is -2.18. The van der Waals surface area contributed by atoms with E-state index in [0.29, 0.717) is 29.2 Å². The lowest BCUT2D eigenvalue weighted by Crippen LogP contribution is -2.29. The SMILES string of the molecule is O=C(NCc1ccc2c(c1)N(C(=O)c1ccccc1)CC2)c1ccc(Cl)cc1. The Kier molecular flexibility index (Phi) is 5.13. The van der Waals surface area contributed by atoms with E-state index in [1.165, 1.54) is 0 Å². The monoisotopic (exact) mass is 390 g/mol. The van der Waals surface area contributed by atoms with E-state index in [1.54, 1.807) is 24.3 Å². The molecule has 2 amide bonds. The number of fused-ring (bicyclic) bond motifs is 1. The second-order valence-electron chi connectivity index (χ2n) is 6.73. The maximum absolute atomic E-state index is 12.8. The molecule has 3 aromatic carbocycles. The highest BCUT2D eigenvalue weighted by Gasteiger charge is 2.25. The van der Waals surface area contributed by atoms with Crippen LogP contribution in [0.1, 0.15) is 31.8 Å². The van der Waals surface area contributed by atoms with Crippen molar-refractivity contribution < 1.29 is 9.59 Å². The van der Waals surface area contributed by atoms with Crippen LogP contribution in [0.25, 0.3) is 0 Å². The molecule has 1 N–H and O–H groups in total. The molecular formula is C23H19ClN2O2. The number of hydrogen-bond acceptors (Lipinski definition) is 2. The zero-order valence-corrected chi connectivity index (χ0v) is 15.9. The van der Waals surface area contributed by atoms with Gasteiger partial charge in [-0.05, 0) is 60.0 Å². The van der Waals surface area contributed by atoms with Crippen molar-refractivity contribution in [2.75, 3.05) is 11.4 Å². The first-order valence-electron chi connectivity index (χ1n) is 9.14. The molecule has 0 radical (unpaired) electrons. The molecule has 0 atom stereocenters. The highest BCUT2D eigenvalue weighted by Crippen LogP contribution is 2.30. The molecule has 0 unspecified atom stereocenters. The van der Waals surface area contributed by atoms with Crippen LogP contribution in [-0.4, -0.2) is 18.4 Å². The van der Waals surface area contributed by atoms with E-state index >= 15 is 0 Å². The molecule has 1 heterocycles. The minimum atomic E-state index is -0.158. The molecule has 0 saturated carbocycles. The standard InChI is InChI=1S/C23H19ClN2O2/c24-20-10-8-18(9-11-20)22(27)25-15-16-6-7-17-12-13-26(21(17)14-16)23(28)19-4-2-1-3-5-19/h1-11,14H,12-13,15H2,(H,25,27). The fraction of sp³-hybridized carbons (Fsp3) is 0.130. The summed E-state index contributed by atoms with van der Waals surface area (Å²) in [5.74, 6) is -0.156. The van der Waals surface area contributed by atoms with Gasteiger partial charge in [0.15, 0.2) is 0 Å². The van der Waals surface area contributed by atoms with Crippen molar-refractivity contribution in [1.82, 2.24) is 5.32 Å². The van der Waals surface area contributed by atoms with Gasteiger partial charge in [-0.25, -0.2) is 0 Å². The predicted molar refractivity (Wildman–Crippen MR) is 111 cm³/mol. The Bertz CT molecular complexity index is 1020. The minimum Gasteiger partial charge on any atom is -0.348 e. The number of anilines is 1. The summed E-state index contributed by atoms with van der Waals surface area (Å²) in [7, 11) is 0. The maximum Gasteiger partial charge on any atom is 0.258 e. The van der Waals surface area contributed by atoms with E-state index in [2.05, 4.69) is 5.32 Å². The Morgan fingerprint density at radius 1 is 0.929 bits per heavy atom. The quantitative estimate of drug-likeness (QED) is 0.714. The van der Waals surface area contributed by atoms with Gasteiger partial charge in [0, 0.05) is 34.9 Å².